The van der Waals surface area contributed by atoms with E-state index < -0.39 is 28.7 Å². The van der Waals surface area contributed by atoms with Crippen LogP contribution in [0.15, 0.2) is 29.1 Å². The summed E-state index contributed by atoms with van der Waals surface area (Å²) in [5, 5.41) is 12.3. The average molecular weight is 301 g/mol. The summed E-state index contributed by atoms with van der Waals surface area (Å²) >= 11 is 5.62. The molecule has 8 heteroatoms. The summed E-state index contributed by atoms with van der Waals surface area (Å²) in [6, 6.07) is 3.98. The lowest BCUT2D eigenvalue weighted by atomic mass is 10.2. The molecule has 104 valence electrons. The highest BCUT2D eigenvalue weighted by Crippen LogP contribution is 2.10. The molecule has 0 saturated heterocycles. The molecule has 0 atom stereocenters. The van der Waals surface area contributed by atoms with Gasteiger partial charge < -0.3 is 5.11 Å². The van der Waals surface area contributed by atoms with E-state index in [1.807, 2.05) is 0 Å². The summed E-state index contributed by atoms with van der Waals surface area (Å²) in [4.78, 5) is 22.7. The van der Waals surface area contributed by atoms with Crippen LogP contribution in [0, 0.1) is 11.6 Å². The first-order valence-corrected chi connectivity index (χ1v) is 5.71. The second-order valence-corrected chi connectivity index (χ2v) is 4.28. The molecule has 1 heterocycles. The Morgan fingerprint density at radius 1 is 1.30 bits per heavy atom. The number of halogens is 3. The molecular formula is C12H7ClF2N2O3. The minimum atomic E-state index is -1.45. The van der Waals surface area contributed by atoms with Crippen molar-refractivity contribution < 1.29 is 18.7 Å². The molecule has 0 unspecified atom stereocenters. The number of carboxylic acids is 1. The first-order chi connectivity index (χ1) is 9.38. The molecule has 0 spiro atoms. The van der Waals surface area contributed by atoms with E-state index in [2.05, 4.69) is 5.10 Å². The van der Waals surface area contributed by atoms with E-state index in [4.69, 9.17) is 16.7 Å². The van der Waals surface area contributed by atoms with E-state index in [1.54, 1.807) is 0 Å². The molecule has 1 N–H and O–H groups in total. The molecule has 0 aliphatic heterocycles. The van der Waals surface area contributed by atoms with Crippen LogP contribution in [-0.2, 0) is 6.54 Å². The zero-order valence-electron chi connectivity index (χ0n) is 9.81. The lowest BCUT2D eigenvalue weighted by Crippen LogP contribution is -2.29. The van der Waals surface area contributed by atoms with E-state index >= 15 is 0 Å². The zero-order valence-corrected chi connectivity index (χ0v) is 10.6. The smallest absolute Gasteiger partial charge is 0.341 e. The van der Waals surface area contributed by atoms with Crippen LogP contribution >= 0.6 is 11.6 Å². The van der Waals surface area contributed by atoms with Gasteiger partial charge in [0.25, 0.3) is 5.56 Å². The van der Waals surface area contributed by atoms with Gasteiger partial charge in [0.1, 0.15) is 5.56 Å². The highest BCUT2D eigenvalue weighted by molar-refractivity contribution is 6.29. The quantitative estimate of drug-likeness (QED) is 0.940. The van der Waals surface area contributed by atoms with Gasteiger partial charge in [-0.15, -0.1) is 0 Å². The van der Waals surface area contributed by atoms with Crippen molar-refractivity contribution in [2.45, 2.75) is 6.54 Å². The largest absolute Gasteiger partial charge is 0.477 e. The number of carbonyl (C=O) groups is 1. The first-order valence-electron chi connectivity index (χ1n) is 5.33. The molecule has 2 aromatic rings. The molecule has 5 nitrogen and oxygen atoms in total. The number of aromatic carboxylic acids is 1. The number of hydrogen-bond donors (Lipinski definition) is 1. The Kier molecular flexibility index (Phi) is 3.80. The molecule has 0 saturated carbocycles. The van der Waals surface area contributed by atoms with Gasteiger partial charge in [-0.3, -0.25) is 4.79 Å². The second kappa shape index (κ2) is 5.38. The van der Waals surface area contributed by atoms with Gasteiger partial charge in [0.05, 0.1) is 6.54 Å². The van der Waals surface area contributed by atoms with Crippen LogP contribution in [-0.4, -0.2) is 20.9 Å². The third-order valence-corrected chi connectivity index (χ3v) is 2.68. The Hall–Kier alpha value is -2.28. The van der Waals surface area contributed by atoms with Gasteiger partial charge in [0.2, 0.25) is 0 Å². The normalized spacial score (nSPS) is 10.6. The van der Waals surface area contributed by atoms with Crippen molar-refractivity contribution in [1.29, 1.82) is 0 Å². The predicted molar refractivity (Wildman–Crippen MR) is 65.9 cm³/mol. The summed E-state index contributed by atoms with van der Waals surface area (Å²) in [6.45, 7) is -0.225. The fourth-order valence-corrected chi connectivity index (χ4v) is 1.78. The van der Waals surface area contributed by atoms with Crippen molar-refractivity contribution in [2.24, 2.45) is 0 Å². The number of aromatic nitrogens is 2. The maximum atomic E-state index is 13.1. The molecule has 0 aliphatic carbocycles. The van der Waals surface area contributed by atoms with Gasteiger partial charge >= 0.3 is 5.97 Å². The van der Waals surface area contributed by atoms with Crippen molar-refractivity contribution >= 4 is 17.6 Å². The number of nitrogens with zero attached hydrogens (tertiary/aromatic N) is 2. The fraction of sp³-hybridized carbons (Fsp3) is 0.0833. The van der Waals surface area contributed by atoms with Crippen LogP contribution in [0.3, 0.4) is 0 Å². The Balaban J connectivity index is 2.45. The summed E-state index contributed by atoms with van der Waals surface area (Å²) < 4.78 is 26.6. The number of carboxylic acid groups (broad SMARTS) is 1. The van der Waals surface area contributed by atoms with E-state index in [0.717, 1.165) is 22.9 Å². The van der Waals surface area contributed by atoms with Crippen LogP contribution in [0.2, 0.25) is 5.15 Å². The standard InChI is InChI=1S/C12H7ClF2N2O3/c13-10-4-7(12(19)20)11(18)17(16-10)5-6-1-2-8(14)9(15)3-6/h1-4H,5H2,(H,19,20). The number of benzene rings is 1. The zero-order chi connectivity index (χ0) is 14.9. The molecule has 0 fully saturated rings. The molecule has 1 aromatic carbocycles. The van der Waals surface area contributed by atoms with Crippen molar-refractivity contribution in [2.75, 3.05) is 0 Å². The minimum absolute atomic E-state index is 0.190. The van der Waals surface area contributed by atoms with E-state index in [-0.39, 0.29) is 17.3 Å². The molecule has 0 amide bonds. The van der Waals surface area contributed by atoms with Crippen LogP contribution in [0.4, 0.5) is 8.78 Å². The predicted octanol–water partition coefficient (Wildman–Crippen LogP) is 1.92. The van der Waals surface area contributed by atoms with Crippen LogP contribution in [0.25, 0.3) is 0 Å². The highest BCUT2D eigenvalue weighted by Gasteiger charge is 2.14. The monoisotopic (exact) mass is 300 g/mol. The Morgan fingerprint density at radius 3 is 2.60 bits per heavy atom. The molecule has 0 aliphatic rings. The van der Waals surface area contributed by atoms with Crippen LogP contribution in [0.5, 0.6) is 0 Å². The second-order valence-electron chi connectivity index (χ2n) is 3.90. The van der Waals surface area contributed by atoms with Crippen molar-refractivity contribution in [1.82, 2.24) is 9.78 Å². The average Bonchev–Trinajstić information content (AvgIpc) is 2.37. The van der Waals surface area contributed by atoms with Crippen LogP contribution in [0.1, 0.15) is 15.9 Å². The third-order valence-electron chi connectivity index (χ3n) is 2.49. The highest BCUT2D eigenvalue weighted by atomic mass is 35.5. The molecule has 0 bridgehead atoms. The summed E-state index contributed by atoms with van der Waals surface area (Å²) in [6.07, 6.45) is 0. The van der Waals surface area contributed by atoms with E-state index in [0.29, 0.717) is 0 Å². The fourth-order valence-electron chi connectivity index (χ4n) is 1.58. The summed E-state index contributed by atoms with van der Waals surface area (Å²) in [5.74, 6) is -3.54. The van der Waals surface area contributed by atoms with Gasteiger partial charge in [0, 0.05) is 0 Å². The lowest BCUT2D eigenvalue weighted by Gasteiger charge is -2.07. The van der Waals surface area contributed by atoms with Crippen molar-refractivity contribution in [3.05, 3.63) is 62.5 Å². The van der Waals surface area contributed by atoms with Crippen molar-refractivity contribution in [3.8, 4) is 0 Å². The number of hydrogen-bond acceptors (Lipinski definition) is 3. The van der Waals surface area contributed by atoms with E-state index in [1.165, 1.54) is 6.07 Å². The van der Waals surface area contributed by atoms with Crippen molar-refractivity contribution in [3.63, 3.8) is 0 Å². The van der Waals surface area contributed by atoms with Gasteiger partial charge in [-0.1, -0.05) is 17.7 Å². The SMILES string of the molecule is O=C(O)c1cc(Cl)nn(Cc2ccc(F)c(F)c2)c1=O. The van der Waals surface area contributed by atoms with E-state index in [9.17, 15) is 18.4 Å². The van der Waals surface area contributed by atoms with Gasteiger partial charge in [-0.05, 0) is 23.8 Å². The van der Waals surface area contributed by atoms with Gasteiger partial charge in [-0.2, -0.15) is 5.10 Å². The summed E-state index contributed by atoms with van der Waals surface area (Å²) in [7, 11) is 0. The minimum Gasteiger partial charge on any atom is -0.477 e. The lowest BCUT2D eigenvalue weighted by molar-refractivity contribution is 0.0693. The molecule has 20 heavy (non-hydrogen) atoms. The summed E-state index contributed by atoms with van der Waals surface area (Å²) in [5.41, 5.74) is -1.18. The van der Waals surface area contributed by atoms with Gasteiger partial charge in [0.15, 0.2) is 16.8 Å². The topological polar surface area (TPSA) is 72.2 Å². The molecule has 0 radical (unpaired) electrons. The molecular weight excluding hydrogens is 294 g/mol. The molecule has 1 aromatic heterocycles. The Morgan fingerprint density at radius 2 is 2.00 bits per heavy atom. The maximum absolute atomic E-state index is 13.1. The third kappa shape index (κ3) is 2.83. The number of rotatable bonds is 3. The maximum Gasteiger partial charge on any atom is 0.341 e. The Bertz CT molecular complexity index is 746. The molecule has 2 rings (SSSR count). The van der Waals surface area contributed by atoms with Gasteiger partial charge in [-0.25, -0.2) is 18.3 Å². The Labute approximate surface area is 116 Å². The van der Waals surface area contributed by atoms with Crippen LogP contribution < -0.4 is 5.56 Å². The first kappa shape index (κ1) is 14.1.